The van der Waals surface area contributed by atoms with E-state index in [1.54, 1.807) is 0 Å². The Morgan fingerprint density at radius 1 is 1.23 bits per heavy atom. The van der Waals surface area contributed by atoms with E-state index in [1.807, 2.05) is 12.2 Å². The maximum atomic E-state index is 10.7. The molecule has 0 aromatic rings. The van der Waals surface area contributed by atoms with Crippen LogP contribution in [0.15, 0.2) is 47.3 Å². The average molecular weight is 299 g/mol. The predicted molar refractivity (Wildman–Crippen MR) is 87.0 cm³/mol. The van der Waals surface area contributed by atoms with Crippen LogP contribution in [0, 0.1) is 22.7 Å². The summed E-state index contributed by atoms with van der Waals surface area (Å²) >= 11 is 0. The molecule has 1 saturated carbocycles. The molecule has 0 aromatic heterocycles. The minimum absolute atomic E-state index is 0.0272. The van der Waals surface area contributed by atoms with Crippen LogP contribution in [-0.2, 0) is 0 Å². The van der Waals surface area contributed by atoms with Gasteiger partial charge in [0, 0.05) is 17.4 Å². The highest BCUT2D eigenvalue weighted by molar-refractivity contribution is 5.47. The molecule has 0 amide bonds. The van der Waals surface area contributed by atoms with Gasteiger partial charge in [0.15, 0.2) is 0 Å². The summed E-state index contributed by atoms with van der Waals surface area (Å²) in [6, 6.07) is 0.0700. The van der Waals surface area contributed by atoms with Gasteiger partial charge in [0.1, 0.15) is 5.76 Å². The van der Waals surface area contributed by atoms with Crippen molar-refractivity contribution in [1.29, 1.82) is 0 Å². The van der Waals surface area contributed by atoms with Gasteiger partial charge in [-0.15, -0.1) is 0 Å². The van der Waals surface area contributed by atoms with Crippen LogP contribution in [0.2, 0.25) is 0 Å². The van der Waals surface area contributed by atoms with E-state index in [-0.39, 0.29) is 22.8 Å². The zero-order valence-electron chi connectivity index (χ0n) is 13.3. The van der Waals surface area contributed by atoms with E-state index in [4.69, 9.17) is 5.73 Å². The average Bonchev–Trinajstić information content (AvgIpc) is 2.77. The molecule has 22 heavy (non-hydrogen) atoms. The number of rotatable bonds is 0. The van der Waals surface area contributed by atoms with Crippen LogP contribution in [0.3, 0.4) is 0 Å². The zero-order chi connectivity index (χ0) is 15.7. The Hall–Kier alpha value is -1.32. The summed E-state index contributed by atoms with van der Waals surface area (Å²) in [6.07, 6.45) is 12.6. The molecule has 0 saturated heterocycles. The molecule has 118 valence electrons. The van der Waals surface area contributed by atoms with Gasteiger partial charge in [-0.1, -0.05) is 43.7 Å². The molecule has 0 spiro atoms. The van der Waals surface area contributed by atoms with E-state index in [0.717, 1.165) is 24.0 Å². The molecule has 2 unspecified atom stereocenters. The smallest absolute Gasteiger partial charge is 0.115 e. The molecule has 0 aliphatic heterocycles. The summed E-state index contributed by atoms with van der Waals surface area (Å²) in [7, 11) is 0. The van der Waals surface area contributed by atoms with Crippen molar-refractivity contribution >= 4 is 0 Å². The van der Waals surface area contributed by atoms with Gasteiger partial charge in [0.25, 0.3) is 0 Å². The predicted octanol–water partition coefficient (Wildman–Crippen LogP) is 3.00. The summed E-state index contributed by atoms with van der Waals surface area (Å²) in [6.45, 7) is 4.50. The highest BCUT2D eigenvalue weighted by Gasteiger charge is 2.54. The monoisotopic (exact) mass is 299 g/mol. The van der Waals surface area contributed by atoms with E-state index in [1.165, 1.54) is 0 Å². The van der Waals surface area contributed by atoms with E-state index in [9.17, 15) is 10.2 Å². The molecule has 0 aromatic carbocycles. The van der Waals surface area contributed by atoms with Gasteiger partial charge in [-0.05, 0) is 42.2 Å². The number of allylic oxidation sites excluding steroid dienone is 4. The van der Waals surface area contributed by atoms with Gasteiger partial charge in [-0.2, -0.15) is 0 Å². The molecule has 4 N–H and O–H groups in total. The standard InChI is InChI=1S/C19H25NO2/c1-18-7-5-12(21)9-11(18)10-15(22)17-13-3-4-16(20)19(13,2)8-6-14(17)18/h3-5,7,10,12-14,16,21-22H,6,8-9,20H2,1-2H3/t12?,13-,14+,16?,18-,19-/m0/s1. The number of fused-ring (bicyclic) bond motifs is 5. The van der Waals surface area contributed by atoms with Crippen LogP contribution in [-0.4, -0.2) is 22.4 Å². The van der Waals surface area contributed by atoms with Crippen LogP contribution in [0.25, 0.3) is 0 Å². The first-order valence-corrected chi connectivity index (χ1v) is 8.31. The molecule has 0 heterocycles. The highest BCUT2D eigenvalue weighted by atomic mass is 16.3. The summed E-state index contributed by atoms with van der Waals surface area (Å²) < 4.78 is 0. The van der Waals surface area contributed by atoms with Crippen LogP contribution >= 0.6 is 0 Å². The highest BCUT2D eigenvalue weighted by Crippen LogP contribution is 2.61. The fourth-order valence-corrected chi connectivity index (χ4v) is 5.18. The van der Waals surface area contributed by atoms with Crippen molar-refractivity contribution in [3.05, 3.63) is 47.3 Å². The Morgan fingerprint density at radius 3 is 2.77 bits per heavy atom. The number of hydrogen-bond acceptors (Lipinski definition) is 3. The molecular weight excluding hydrogens is 274 g/mol. The fourth-order valence-electron chi connectivity index (χ4n) is 5.18. The Balaban J connectivity index is 1.85. The lowest BCUT2D eigenvalue weighted by molar-refractivity contribution is 0.112. The van der Waals surface area contributed by atoms with E-state index in [0.29, 0.717) is 18.1 Å². The van der Waals surface area contributed by atoms with Crippen molar-refractivity contribution in [2.45, 2.75) is 45.3 Å². The summed E-state index contributed by atoms with van der Waals surface area (Å²) in [5.41, 5.74) is 8.58. The number of aliphatic hydroxyl groups is 2. The maximum absolute atomic E-state index is 10.7. The summed E-state index contributed by atoms with van der Waals surface area (Å²) in [5, 5.41) is 20.6. The minimum Gasteiger partial charge on any atom is -0.508 e. The molecule has 1 fully saturated rings. The van der Waals surface area contributed by atoms with Gasteiger partial charge in [-0.3, -0.25) is 0 Å². The molecule has 6 atom stereocenters. The number of aliphatic hydroxyl groups excluding tert-OH is 2. The lowest BCUT2D eigenvalue weighted by atomic mass is 9.52. The Morgan fingerprint density at radius 2 is 2.00 bits per heavy atom. The quantitative estimate of drug-likeness (QED) is 0.602. The van der Waals surface area contributed by atoms with Crippen molar-refractivity contribution in [3.63, 3.8) is 0 Å². The molecule has 3 nitrogen and oxygen atoms in total. The molecule has 4 aliphatic rings. The second-order valence-corrected chi connectivity index (χ2v) is 7.91. The van der Waals surface area contributed by atoms with Crippen molar-refractivity contribution in [2.24, 2.45) is 28.4 Å². The largest absolute Gasteiger partial charge is 0.508 e. The third-order valence-corrected chi connectivity index (χ3v) is 6.78. The van der Waals surface area contributed by atoms with Crippen LogP contribution in [0.5, 0.6) is 0 Å². The van der Waals surface area contributed by atoms with Crippen LogP contribution < -0.4 is 5.73 Å². The van der Waals surface area contributed by atoms with Crippen molar-refractivity contribution in [3.8, 4) is 0 Å². The van der Waals surface area contributed by atoms with Crippen molar-refractivity contribution in [1.82, 2.24) is 0 Å². The van der Waals surface area contributed by atoms with Crippen LogP contribution in [0.4, 0.5) is 0 Å². The normalized spacial score (nSPS) is 49.5. The Labute approximate surface area is 131 Å². The molecular formula is C19H25NO2. The van der Waals surface area contributed by atoms with E-state index in [2.05, 4.69) is 32.1 Å². The first-order valence-electron chi connectivity index (χ1n) is 8.31. The molecule has 0 radical (unpaired) electrons. The van der Waals surface area contributed by atoms with Gasteiger partial charge in [0.05, 0.1) is 6.10 Å². The SMILES string of the molecule is C[C@]12C=CC(O)CC1=CC(O)=C1[C@H]2CC[C@]2(C)C(N)C=C[C@@H]12. The summed E-state index contributed by atoms with van der Waals surface area (Å²) in [5.74, 6) is 0.954. The van der Waals surface area contributed by atoms with Crippen molar-refractivity contribution < 1.29 is 10.2 Å². The van der Waals surface area contributed by atoms with Crippen LogP contribution in [0.1, 0.15) is 33.1 Å². The van der Waals surface area contributed by atoms with Gasteiger partial charge < -0.3 is 15.9 Å². The van der Waals surface area contributed by atoms with Crippen molar-refractivity contribution in [2.75, 3.05) is 0 Å². The summed E-state index contributed by atoms with van der Waals surface area (Å²) in [4.78, 5) is 0. The molecule has 3 heteroatoms. The lowest BCUT2D eigenvalue weighted by Crippen LogP contribution is -2.48. The molecule has 4 rings (SSSR count). The number of hydrogen-bond donors (Lipinski definition) is 3. The minimum atomic E-state index is -0.428. The lowest BCUT2D eigenvalue weighted by Gasteiger charge is -2.52. The van der Waals surface area contributed by atoms with Gasteiger partial charge in [0.2, 0.25) is 0 Å². The fraction of sp³-hybridized carbons (Fsp3) is 0.579. The topological polar surface area (TPSA) is 66.5 Å². The molecule has 0 bridgehead atoms. The van der Waals surface area contributed by atoms with Gasteiger partial charge >= 0.3 is 0 Å². The second-order valence-electron chi connectivity index (χ2n) is 7.91. The first-order chi connectivity index (χ1) is 10.4. The third-order valence-electron chi connectivity index (χ3n) is 6.78. The number of nitrogens with two attached hydrogens (primary N) is 1. The maximum Gasteiger partial charge on any atom is 0.115 e. The Bertz CT molecular complexity index is 644. The second kappa shape index (κ2) is 4.36. The molecule has 4 aliphatic carbocycles. The third kappa shape index (κ3) is 1.64. The van der Waals surface area contributed by atoms with E-state index < -0.39 is 6.10 Å². The first kappa shape index (κ1) is 14.3. The zero-order valence-corrected chi connectivity index (χ0v) is 13.3. The van der Waals surface area contributed by atoms with Gasteiger partial charge in [-0.25, -0.2) is 0 Å². The van der Waals surface area contributed by atoms with E-state index >= 15 is 0 Å². The Kier molecular flexibility index (Phi) is 2.83.